The molecule has 0 fully saturated rings. The van der Waals surface area contributed by atoms with Crippen molar-refractivity contribution in [1.29, 1.82) is 0 Å². The SMILES string of the molecule is C[C@@H]1C(=O)Nc2ccc(C(=O)COC(=O)/C=C/c3ccccc3)cc21. The van der Waals surface area contributed by atoms with E-state index in [1.165, 1.54) is 6.08 Å². The van der Waals surface area contributed by atoms with Crippen molar-refractivity contribution in [2.45, 2.75) is 12.8 Å². The quantitative estimate of drug-likeness (QED) is 0.517. The predicted octanol–water partition coefficient (Wildman–Crippen LogP) is 3.18. The molecule has 0 unspecified atom stereocenters. The fourth-order valence-corrected chi connectivity index (χ4v) is 2.59. The van der Waals surface area contributed by atoms with Gasteiger partial charge in [0.05, 0.1) is 5.92 Å². The van der Waals surface area contributed by atoms with E-state index in [2.05, 4.69) is 5.32 Å². The Balaban J connectivity index is 1.59. The Morgan fingerprint density at radius 2 is 1.92 bits per heavy atom. The van der Waals surface area contributed by atoms with Crippen molar-refractivity contribution in [2.24, 2.45) is 0 Å². The zero-order valence-corrected chi connectivity index (χ0v) is 13.7. The molecular formula is C20H17NO4. The topological polar surface area (TPSA) is 72.5 Å². The lowest BCUT2D eigenvalue weighted by atomic mass is 9.99. The fourth-order valence-electron chi connectivity index (χ4n) is 2.59. The van der Waals surface area contributed by atoms with E-state index in [9.17, 15) is 14.4 Å². The van der Waals surface area contributed by atoms with E-state index >= 15 is 0 Å². The van der Waals surface area contributed by atoms with Crippen LogP contribution in [0, 0.1) is 0 Å². The van der Waals surface area contributed by atoms with Gasteiger partial charge in [0.15, 0.2) is 12.4 Å². The maximum atomic E-state index is 12.2. The van der Waals surface area contributed by atoms with Crippen LogP contribution in [0.3, 0.4) is 0 Å². The third-order valence-corrected chi connectivity index (χ3v) is 4.05. The number of nitrogens with one attached hydrogen (secondary N) is 1. The van der Waals surface area contributed by atoms with Crippen LogP contribution in [0.2, 0.25) is 0 Å². The van der Waals surface area contributed by atoms with Crippen molar-refractivity contribution in [2.75, 3.05) is 11.9 Å². The van der Waals surface area contributed by atoms with Crippen LogP contribution in [0.1, 0.15) is 34.3 Å². The summed E-state index contributed by atoms with van der Waals surface area (Å²) < 4.78 is 4.99. The van der Waals surface area contributed by atoms with Gasteiger partial charge in [-0.2, -0.15) is 0 Å². The van der Waals surface area contributed by atoms with Gasteiger partial charge in [-0.15, -0.1) is 0 Å². The number of carbonyl (C=O) groups is 3. The van der Waals surface area contributed by atoms with Crippen molar-refractivity contribution < 1.29 is 19.1 Å². The van der Waals surface area contributed by atoms with E-state index in [-0.39, 0.29) is 24.2 Å². The molecule has 25 heavy (non-hydrogen) atoms. The number of Topliss-reactive ketones (excluding diaryl/α,β-unsaturated/α-hetero) is 1. The van der Waals surface area contributed by atoms with Gasteiger partial charge in [0.25, 0.3) is 0 Å². The highest BCUT2D eigenvalue weighted by atomic mass is 16.5. The summed E-state index contributed by atoms with van der Waals surface area (Å²) in [6.07, 6.45) is 2.91. The molecule has 3 rings (SSSR count). The van der Waals surface area contributed by atoms with Crippen LogP contribution in [-0.2, 0) is 14.3 Å². The Kier molecular flexibility index (Phi) is 4.75. The van der Waals surface area contributed by atoms with E-state index in [0.29, 0.717) is 5.56 Å². The zero-order valence-electron chi connectivity index (χ0n) is 13.7. The highest BCUT2D eigenvalue weighted by molar-refractivity contribution is 6.05. The first-order valence-electron chi connectivity index (χ1n) is 7.92. The zero-order chi connectivity index (χ0) is 17.8. The van der Waals surface area contributed by atoms with Crippen molar-refractivity contribution in [3.63, 3.8) is 0 Å². The van der Waals surface area contributed by atoms with Crippen LogP contribution >= 0.6 is 0 Å². The fraction of sp³-hybridized carbons (Fsp3) is 0.150. The van der Waals surface area contributed by atoms with E-state index < -0.39 is 5.97 Å². The molecular weight excluding hydrogens is 318 g/mol. The first kappa shape index (κ1) is 16.6. The van der Waals surface area contributed by atoms with E-state index in [1.54, 1.807) is 31.2 Å². The summed E-state index contributed by atoms with van der Waals surface area (Å²) in [7, 11) is 0. The molecule has 1 heterocycles. The number of esters is 1. The van der Waals surface area contributed by atoms with E-state index in [4.69, 9.17) is 4.74 Å². The van der Waals surface area contributed by atoms with Gasteiger partial charge in [-0.1, -0.05) is 30.3 Å². The normalized spacial score (nSPS) is 15.7. The number of ether oxygens (including phenoxy) is 1. The molecule has 126 valence electrons. The number of anilines is 1. The molecule has 1 amide bonds. The lowest BCUT2D eigenvalue weighted by Gasteiger charge is -2.06. The highest BCUT2D eigenvalue weighted by Crippen LogP contribution is 2.32. The molecule has 0 aromatic heterocycles. The molecule has 0 saturated heterocycles. The number of ketones is 1. The van der Waals surface area contributed by atoms with Gasteiger partial charge in [-0.25, -0.2) is 4.79 Å². The molecule has 2 aromatic carbocycles. The maximum absolute atomic E-state index is 12.2. The molecule has 2 aromatic rings. The predicted molar refractivity (Wildman–Crippen MR) is 94.3 cm³/mol. The molecule has 1 aliphatic rings. The minimum atomic E-state index is -0.580. The maximum Gasteiger partial charge on any atom is 0.331 e. The third-order valence-electron chi connectivity index (χ3n) is 4.05. The first-order chi connectivity index (χ1) is 12.0. The lowest BCUT2D eigenvalue weighted by Crippen LogP contribution is -2.13. The molecule has 5 heteroatoms. The number of hydrogen-bond acceptors (Lipinski definition) is 4. The van der Waals surface area contributed by atoms with Crippen molar-refractivity contribution in [3.8, 4) is 0 Å². The Labute approximate surface area is 145 Å². The highest BCUT2D eigenvalue weighted by Gasteiger charge is 2.27. The van der Waals surface area contributed by atoms with Crippen LogP contribution in [0.15, 0.2) is 54.6 Å². The number of amides is 1. The largest absolute Gasteiger partial charge is 0.454 e. The van der Waals surface area contributed by atoms with Gasteiger partial charge in [0, 0.05) is 17.3 Å². The second-order valence-corrected chi connectivity index (χ2v) is 5.79. The average Bonchev–Trinajstić information content (AvgIpc) is 2.92. The van der Waals surface area contributed by atoms with Crippen molar-refractivity contribution >= 4 is 29.4 Å². The molecule has 1 aliphatic heterocycles. The van der Waals surface area contributed by atoms with Crippen molar-refractivity contribution in [1.82, 2.24) is 0 Å². The summed E-state index contributed by atoms with van der Waals surface area (Å²) in [5.41, 5.74) is 2.79. The van der Waals surface area contributed by atoms with E-state index in [0.717, 1.165) is 16.8 Å². The average molecular weight is 335 g/mol. The molecule has 0 saturated carbocycles. The minimum absolute atomic E-state index is 0.0860. The molecule has 5 nitrogen and oxygen atoms in total. The second-order valence-electron chi connectivity index (χ2n) is 5.79. The van der Waals surface area contributed by atoms with Gasteiger partial charge in [0.2, 0.25) is 5.91 Å². The van der Waals surface area contributed by atoms with Gasteiger partial charge < -0.3 is 10.1 Å². The summed E-state index contributed by atoms with van der Waals surface area (Å²) >= 11 is 0. The van der Waals surface area contributed by atoms with Crippen LogP contribution in [0.4, 0.5) is 5.69 Å². The monoisotopic (exact) mass is 335 g/mol. The van der Waals surface area contributed by atoms with Gasteiger partial charge >= 0.3 is 5.97 Å². The molecule has 0 radical (unpaired) electrons. The number of benzene rings is 2. The first-order valence-corrected chi connectivity index (χ1v) is 7.92. The number of fused-ring (bicyclic) bond motifs is 1. The summed E-state index contributed by atoms with van der Waals surface area (Å²) in [6.45, 7) is 1.44. The van der Waals surface area contributed by atoms with Crippen molar-refractivity contribution in [3.05, 3.63) is 71.3 Å². The summed E-state index contributed by atoms with van der Waals surface area (Å²) in [6, 6.07) is 14.3. The van der Waals surface area contributed by atoms with Gasteiger partial charge in [0.1, 0.15) is 0 Å². The molecule has 0 spiro atoms. The Morgan fingerprint density at radius 3 is 2.68 bits per heavy atom. The summed E-state index contributed by atoms with van der Waals surface area (Å²) in [5.74, 6) is -1.27. The van der Waals surface area contributed by atoms with Gasteiger partial charge in [-0.3, -0.25) is 9.59 Å². The molecule has 1 N–H and O–H groups in total. The number of carbonyl (C=O) groups excluding carboxylic acids is 3. The summed E-state index contributed by atoms with van der Waals surface area (Å²) in [5, 5.41) is 2.75. The number of rotatable bonds is 5. The van der Waals surface area contributed by atoms with Crippen LogP contribution in [0.25, 0.3) is 6.08 Å². The Bertz CT molecular complexity index is 855. The molecule has 0 bridgehead atoms. The smallest absolute Gasteiger partial charge is 0.331 e. The minimum Gasteiger partial charge on any atom is -0.454 e. The number of hydrogen-bond donors (Lipinski definition) is 1. The second kappa shape index (κ2) is 7.13. The third kappa shape index (κ3) is 3.83. The Hall–Kier alpha value is -3.21. The van der Waals surface area contributed by atoms with E-state index in [1.807, 2.05) is 30.3 Å². The molecule has 1 atom stereocenters. The standard InChI is InChI=1S/C20H17NO4/c1-13-16-11-15(8-9-17(16)21-20(13)24)18(22)12-25-19(23)10-7-14-5-3-2-4-6-14/h2-11,13H,12H2,1H3,(H,21,24)/b10-7+/t13-/m0/s1. The Morgan fingerprint density at radius 1 is 1.16 bits per heavy atom. The molecule has 0 aliphatic carbocycles. The van der Waals surface area contributed by atoms with Crippen LogP contribution in [0.5, 0.6) is 0 Å². The lowest BCUT2D eigenvalue weighted by molar-refractivity contribution is -0.136. The van der Waals surface area contributed by atoms with Crippen LogP contribution in [-0.4, -0.2) is 24.3 Å². The van der Waals surface area contributed by atoms with Gasteiger partial charge in [-0.05, 0) is 42.3 Å². The summed E-state index contributed by atoms with van der Waals surface area (Å²) in [4.78, 5) is 35.6. The van der Waals surface area contributed by atoms with Crippen LogP contribution < -0.4 is 5.32 Å².